The molecule has 108 valence electrons. The molecule has 5 heteroatoms. The molecule has 1 aliphatic heterocycles. The maximum atomic E-state index is 12.0. The average Bonchev–Trinajstić information content (AvgIpc) is 2.51. The number of rotatable bonds is 3. The number of carbonyl (C=O) groups is 1. The van der Waals surface area contributed by atoms with Gasteiger partial charge in [0, 0.05) is 25.7 Å². The molecule has 0 N–H and O–H groups in total. The topological polar surface area (TPSA) is 55.3 Å². The summed E-state index contributed by atoms with van der Waals surface area (Å²) < 4.78 is 5.17. The molecule has 21 heavy (non-hydrogen) atoms. The maximum Gasteiger partial charge on any atom is 0.169 e. The number of Topliss-reactive ketones (excluding diaryl/α,β-unsaturated/α-hetero) is 1. The van der Waals surface area contributed by atoms with E-state index in [1.165, 1.54) is 0 Å². The summed E-state index contributed by atoms with van der Waals surface area (Å²) in [6.45, 7) is 3.25. The van der Waals surface area contributed by atoms with Crippen molar-refractivity contribution in [3.63, 3.8) is 0 Å². The van der Waals surface area contributed by atoms with Gasteiger partial charge in [0.15, 0.2) is 5.78 Å². The first-order valence-corrected chi connectivity index (χ1v) is 6.92. The standard InChI is InChI=1S/C16H17N3O2/c1-11-17-9-14-15(20)7-8-19(16(14)18-11)10-12-3-5-13(21-2)6-4-12/h3-6,9H,7-8,10H2,1-2H3. The van der Waals surface area contributed by atoms with Gasteiger partial charge in [-0.3, -0.25) is 4.79 Å². The van der Waals surface area contributed by atoms with Gasteiger partial charge >= 0.3 is 0 Å². The van der Waals surface area contributed by atoms with Gasteiger partial charge in [0.2, 0.25) is 0 Å². The quantitative estimate of drug-likeness (QED) is 0.865. The Kier molecular flexibility index (Phi) is 3.56. The Bertz CT molecular complexity index is 668. The zero-order valence-corrected chi connectivity index (χ0v) is 12.2. The Balaban J connectivity index is 1.88. The molecule has 0 aliphatic carbocycles. The Morgan fingerprint density at radius 3 is 2.76 bits per heavy atom. The Labute approximate surface area is 123 Å². The average molecular weight is 283 g/mol. The van der Waals surface area contributed by atoms with Gasteiger partial charge in [-0.05, 0) is 24.6 Å². The second kappa shape index (κ2) is 5.52. The minimum absolute atomic E-state index is 0.121. The second-order valence-corrected chi connectivity index (χ2v) is 5.10. The monoisotopic (exact) mass is 283 g/mol. The largest absolute Gasteiger partial charge is 0.497 e. The third-order valence-electron chi connectivity index (χ3n) is 3.63. The highest BCUT2D eigenvalue weighted by Gasteiger charge is 2.25. The highest BCUT2D eigenvalue weighted by atomic mass is 16.5. The molecule has 0 atom stereocenters. The first-order valence-electron chi connectivity index (χ1n) is 6.92. The van der Waals surface area contributed by atoms with Gasteiger partial charge in [0.25, 0.3) is 0 Å². The fourth-order valence-corrected chi connectivity index (χ4v) is 2.48. The van der Waals surface area contributed by atoms with Gasteiger partial charge in [0.1, 0.15) is 17.4 Å². The van der Waals surface area contributed by atoms with Crippen molar-refractivity contribution >= 4 is 11.6 Å². The fraction of sp³-hybridized carbons (Fsp3) is 0.312. The third-order valence-corrected chi connectivity index (χ3v) is 3.63. The maximum absolute atomic E-state index is 12.0. The van der Waals surface area contributed by atoms with E-state index < -0.39 is 0 Å². The van der Waals surface area contributed by atoms with Crippen molar-refractivity contribution in [3.05, 3.63) is 47.4 Å². The molecule has 0 bridgehead atoms. The molecule has 0 spiro atoms. The summed E-state index contributed by atoms with van der Waals surface area (Å²) in [5, 5.41) is 0. The van der Waals surface area contributed by atoms with Gasteiger partial charge < -0.3 is 9.64 Å². The van der Waals surface area contributed by atoms with Gasteiger partial charge in [-0.25, -0.2) is 9.97 Å². The number of hydrogen-bond donors (Lipinski definition) is 0. The Hall–Kier alpha value is -2.43. The summed E-state index contributed by atoms with van der Waals surface area (Å²) in [7, 11) is 1.65. The SMILES string of the molecule is COc1ccc(CN2CCC(=O)c3cnc(C)nc32)cc1. The van der Waals surface area contributed by atoms with Crippen LogP contribution in [0.2, 0.25) is 0 Å². The summed E-state index contributed by atoms with van der Waals surface area (Å²) >= 11 is 0. The predicted octanol–water partition coefficient (Wildman–Crippen LogP) is 2.39. The number of aryl methyl sites for hydroxylation is 1. The molecular weight excluding hydrogens is 266 g/mol. The Morgan fingerprint density at radius 1 is 1.29 bits per heavy atom. The lowest BCUT2D eigenvalue weighted by Gasteiger charge is -2.29. The zero-order chi connectivity index (χ0) is 14.8. The van der Waals surface area contributed by atoms with Crippen molar-refractivity contribution in [2.75, 3.05) is 18.6 Å². The minimum atomic E-state index is 0.121. The molecule has 0 saturated heterocycles. The highest BCUT2D eigenvalue weighted by Crippen LogP contribution is 2.26. The first-order chi connectivity index (χ1) is 10.2. The normalized spacial score (nSPS) is 14.0. The van der Waals surface area contributed by atoms with Crippen LogP contribution in [-0.2, 0) is 6.54 Å². The molecule has 1 aliphatic rings. The van der Waals surface area contributed by atoms with Gasteiger partial charge in [-0.1, -0.05) is 12.1 Å². The highest BCUT2D eigenvalue weighted by molar-refractivity contribution is 6.02. The van der Waals surface area contributed by atoms with E-state index in [1.54, 1.807) is 13.3 Å². The number of fused-ring (bicyclic) bond motifs is 1. The number of nitrogens with zero attached hydrogens (tertiary/aromatic N) is 3. The molecule has 1 aromatic heterocycles. The molecule has 0 fully saturated rings. The summed E-state index contributed by atoms with van der Waals surface area (Å²) in [6, 6.07) is 7.94. The molecule has 5 nitrogen and oxygen atoms in total. The molecule has 2 heterocycles. The van der Waals surface area contributed by atoms with E-state index in [-0.39, 0.29) is 5.78 Å². The number of aromatic nitrogens is 2. The number of anilines is 1. The smallest absolute Gasteiger partial charge is 0.169 e. The minimum Gasteiger partial charge on any atom is -0.497 e. The van der Waals surface area contributed by atoms with Crippen LogP contribution in [0, 0.1) is 6.92 Å². The van der Waals surface area contributed by atoms with E-state index in [9.17, 15) is 4.79 Å². The van der Waals surface area contributed by atoms with E-state index in [4.69, 9.17) is 4.74 Å². The molecule has 0 saturated carbocycles. The first kappa shape index (κ1) is 13.5. The molecule has 0 unspecified atom stereocenters. The van der Waals surface area contributed by atoms with Crippen molar-refractivity contribution in [3.8, 4) is 5.75 Å². The fourth-order valence-electron chi connectivity index (χ4n) is 2.48. The predicted molar refractivity (Wildman–Crippen MR) is 79.8 cm³/mol. The lowest BCUT2D eigenvalue weighted by atomic mass is 10.0. The number of ketones is 1. The van der Waals surface area contributed by atoms with Crippen molar-refractivity contribution < 1.29 is 9.53 Å². The molecule has 0 radical (unpaired) electrons. The molecule has 0 amide bonds. The third kappa shape index (κ3) is 2.72. The van der Waals surface area contributed by atoms with E-state index in [1.807, 2.05) is 31.2 Å². The summed E-state index contributed by atoms with van der Waals surface area (Å²) in [6.07, 6.45) is 2.15. The number of carbonyl (C=O) groups excluding carboxylic acids is 1. The Morgan fingerprint density at radius 2 is 2.05 bits per heavy atom. The second-order valence-electron chi connectivity index (χ2n) is 5.10. The number of hydrogen-bond acceptors (Lipinski definition) is 5. The van der Waals surface area contributed by atoms with Crippen LogP contribution in [-0.4, -0.2) is 29.4 Å². The van der Waals surface area contributed by atoms with Crippen LogP contribution < -0.4 is 9.64 Å². The van der Waals surface area contributed by atoms with Gasteiger partial charge in [0.05, 0.1) is 12.7 Å². The van der Waals surface area contributed by atoms with Crippen molar-refractivity contribution in [1.29, 1.82) is 0 Å². The number of ether oxygens (including phenoxy) is 1. The molecule has 3 rings (SSSR count). The van der Waals surface area contributed by atoms with Gasteiger partial charge in [-0.15, -0.1) is 0 Å². The number of methoxy groups -OCH3 is 1. The summed E-state index contributed by atoms with van der Waals surface area (Å²) in [4.78, 5) is 22.7. The van der Waals surface area contributed by atoms with Crippen LogP contribution in [0.4, 0.5) is 5.82 Å². The number of benzene rings is 1. The van der Waals surface area contributed by atoms with Crippen LogP contribution in [0.3, 0.4) is 0 Å². The van der Waals surface area contributed by atoms with Crippen LogP contribution in [0.15, 0.2) is 30.5 Å². The van der Waals surface area contributed by atoms with Crippen LogP contribution in [0.25, 0.3) is 0 Å². The van der Waals surface area contributed by atoms with E-state index in [0.29, 0.717) is 24.4 Å². The van der Waals surface area contributed by atoms with Crippen molar-refractivity contribution in [2.45, 2.75) is 19.9 Å². The summed E-state index contributed by atoms with van der Waals surface area (Å²) in [5.41, 5.74) is 1.78. The van der Waals surface area contributed by atoms with Gasteiger partial charge in [-0.2, -0.15) is 0 Å². The molecular formula is C16H17N3O2. The van der Waals surface area contributed by atoms with Crippen molar-refractivity contribution in [2.24, 2.45) is 0 Å². The van der Waals surface area contributed by atoms with Crippen LogP contribution in [0.1, 0.15) is 28.2 Å². The van der Waals surface area contributed by atoms with Crippen LogP contribution >= 0.6 is 0 Å². The van der Waals surface area contributed by atoms with E-state index in [2.05, 4.69) is 14.9 Å². The van der Waals surface area contributed by atoms with Crippen LogP contribution in [0.5, 0.6) is 5.75 Å². The molecule has 1 aromatic carbocycles. The zero-order valence-electron chi connectivity index (χ0n) is 12.2. The lowest BCUT2D eigenvalue weighted by Crippen LogP contribution is -2.33. The molecule has 2 aromatic rings. The van der Waals surface area contributed by atoms with Crippen molar-refractivity contribution in [1.82, 2.24) is 9.97 Å². The lowest BCUT2D eigenvalue weighted by molar-refractivity contribution is 0.0978. The van der Waals surface area contributed by atoms with E-state index >= 15 is 0 Å². The summed E-state index contributed by atoms with van der Waals surface area (Å²) in [5.74, 6) is 2.39. The van der Waals surface area contributed by atoms with E-state index in [0.717, 1.165) is 23.7 Å².